The van der Waals surface area contributed by atoms with Crippen molar-refractivity contribution < 1.29 is 23.8 Å². The Hall–Kier alpha value is -3.76. The monoisotopic (exact) mass is 619 g/mol. The molecule has 0 aliphatic carbocycles. The predicted molar refractivity (Wildman–Crippen MR) is 177 cm³/mol. The van der Waals surface area contributed by atoms with Gasteiger partial charge in [-0.3, -0.25) is 9.69 Å². The lowest BCUT2D eigenvalue weighted by Gasteiger charge is -2.40. The second-order valence-electron chi connectivity index (χ2n) is 12.5. The van der Waals surface area contributed by atoms with E-state index in [1.165, 1.54) is 0 Å². The lowest BCUT2D eigenvalue weighted by Crippen LogP contribution is -2.53. The molecule has 0 saturated carbocycles. The molecule has 45 heavy (non-hydrogen) atoms. The van der Waals surface area contributed by atoms with E-state index in [0.29, 0.717) is 50.9 Å². The number of carbonyl (C=O) groups is 2. The van der Waals surface area contributed by atoms with Gasteiger partial charge < -0.3 is 33.5 Å². The van der Waals surface area contributed by atoms with Crippen molar-refractivity contribution in [3.63, 3.8) is 0 Å². The molecule has 10 nitrogen and oxygen atoms in total. The molecule has 0 unspecified atom stereocenters. The Kier molecular flexibility index (Phi) is 10.9. The Balaban J connectivity index is 1.30. The van der Waals surface area contributed by atoms with E-state index in [4.69, 9.17) is 14.2 Å². The van der Waals surface area contributed by atoms with Gasteiger partial charge in [-0.05, 0) is 63.7 Å². The number of amides is 3. The maximum Gasteiger partial charge on any atom is 0.325 e. The molecule has 2 aliphatic heterocycles. The summed E-state index contributed by atoms with van der Waals surface area (Å²) in [6.07, 6.45) is 6.07. The minimum Gasteiger partial charge on any atom is -0.493 e. The van der Waals surface area contributed by atoms with Gasteiger partial charge in [0, 0.05) is 67.6 Å². The van der Waals surface area contributed by atoms with Crippen molar-refractivity contribution in [2.24, 2.45) is 0 Å². The molecule has 3 heterocycles. The van der Waals surface area contributed by atoms with Crippen LogP contribution < -0.4 is 14.4 Å². The number of morpholine rings is 1. The van der Waals surface area contributed by atoms with Crippen LogP contribution in [0.15, 0.2) is 48.7 Å². The average molecular weight is 620 g/mol. The third kappa shape index (κ3) is 7.73. The Morgan fingerprint density at radius 1 is 1.09 bits per heavy atom. The van der Waals surface area contributed by atoms with Crippen molar-refractivity contribution in [3.8, 4) is 11.5 Å². The molecule has 3 aromatic rings. The first-order chi connectivity index (χ1) is 21.8. The summed E-state index contributed by atoms with van der Waals surface area (Å²) < 4.78 is 19.5. The van der Waals surface area contributed by atoms with E-state index in [9.17, 15) is 9.59 Å². The van der Waals surface area contributed by atoms with Gasteiger partial charge in [0.1, 0.15) is 6.54 Å². The maximum atomic E-state index is 14.0. The quantitative estimate of drug-likeness (QED) is 0.244. The maximum absolute atomic E-state index is 14.0. The van der Waals surface area contributed by atoms with Crippen LogP contribution in [0.3, 0.4) is 0 Å². The second kappa shape index (κ2) is 15.0. The number of fused-ring (bicyclic) bond motifs is 1. The Morgan fingerprint density at radius 3 is 2.71 bits per heavy atom. The molecule has 5 rings (SSSR count). The smallest absolute Gasteiger partial charge is 0.325 e. The van der Waals surface area contributed by atoms with E-state index in [2.05, 4.69) is 30.9 Å². The van der Waals surface area contributed by atoms with Crippen LogP contribution in [0.1, 0.15) is 45.1 Å². The van der Waals surface area contributed by atoms with E-state index in [1.54, 1.807) is 7.11 Å². The number of methoxy groups -OCH3 is 1. The number of rotatable bonds is 13. The van der Waals surface area contributed by atoms with Gasteiger partial charge in [0.25, 0.3) is 0 Å². The Morgan fingerprint density at radius 2 is 1.93 bits per heavy atom. The zero-order valence-electron chi connectivity index (χ0n) is 27.5. The van der Waals surface area contributed by atoms with Gasteiger partial charge in [0.15, 0.2) is 11.5 Å². The van der Waals surface area contributed by atoms with Gasteiger partial charge in [-0.25, -0.2) is 4.79 Å². The van der Waals surface area contributed by atoms with E-state index in [-0.39, 0.29) is 30.6 Å². The van der Waals surface area contributed by atoms with Gasteiger partial charge in [0.2, 0.25) is 5.91 Å². The highest BCUT2D eigenvalue weighted by Gasteiger charge is 2.33. The van der Waals surface area contributed by atoms with Crippen molar-refractivity contribution in [2.75, 3.05) is 65.5 Å². The SMILES string of the molecule is CCCCCOc1cc(N2CC[C@H](C)N(Cc3cccc4c3ccn4CC(=O)N3CCO[C@@H](CN(C)C)C3)C2=O)ccc1OC. The predicted octanol–water partition coefficient (Wildman–Crippen LogP) is 5.23. The normalized spacial score (nSPS) is 19.1. The lowest BCUT2D eigenvalue weighted by molar-refractivity contribution is -0.139. The van der Waals surface area contributed by atoms with Gasteiger partial charge in [-0.2, -0.15) is 0 Å². The number of urea groups is 1. The van der Waals surface area contributed by atoms with E-state index in [1.807, 2.05) is 69.9 Å². The fourth-order valence-electron chi connectivity index (χ4n) is 6.31. The average Bonchev–Trinajstić information content (AvgIpc) is 3.44. The highest BCUT2D eigenvalue weighted by molar-refractivity contribution is 5.94. The summed E-state index contributed by atoms with van der Waals surface area (Å²) in [5.41, 5.74) is 2.86. The van der Waals surface area contributed by atoms with Gasteiger partial charge in [0.05, 0.1) is 26.4 Å². The first kappa shape index (κ1) is 32.6. The number of carbonyl (C=O) groups excluding carboxylic acids is 2. The molecule has 244 valence electrons. The second-order valence-corrected chi connectivity index (χ2v) is 12.5. The molecular weight excluding hydrogens is 570 g/mol. The molecule has 2 atom stereocenters. The molecule has 0 N–H and O–H groups in total. The first-order valence-corrected chi connectivity index (χ1v) is 16.3. The van der Waals surface area contributed by atoms with Crippen molar-refractivity contribution in [3.05, 3.63) is 54.2 Å². The summed E-state index contributed by atoms with van der Waals surface area (Å²) >= 11 is 0. The Bertz CT molecular complexity index is 1460. The molecule has 1 aromatic heterocycles. The van der Waals surface area contributed by atoms with Gasteiger partial charge >= 0.3 is 6.03 Å². The first-order valence-electron chi connectivity index (χ1n) is 16.3. The zero-order valence-corrected chi connectivity index (χ0v) is 27.5. The highest BCUT2D eigenvalue weighted by Crippen LogP contribution is 2.34. The third-order valence-electron chi connectivity index (χ3n) is 8.85. The standard InChI is InChI=1S/C35H49N5O5/c1-6-7-8-19-45-33-21-28(12-13-32(33)43-5)39-17-14-26(2)40(35(39)42)22-27-10-9-11-31-30(27)15-16-37(31)25-34(41)38-18-20-44-29(24-38)23-36(3)4/h9-13,15-16,21,26,29H,6-8,14,17-20,22-25H2,1-5H3/t26-,29-/m0/s1. The topological polar surface area (TPSA) is 79.7 Å². The summed E-state index contributed by atoms with van der Waals surface area (Å²) in [5.74, 6) is 1.42. The number of ether oxygens (including phenoxy) is 3. The van der Waals surface area contributed by atoms with E-state index < -0.39 is 0 Å². The zero-order chi connectivity index (χ0) is 31.9. The van der Waals surface area contributed by atoms with Crippen LogP contribution in [0.25, 0.3) is 10.9 Å². The molecule has 2 aromatic carbocycles. The number of likely N-dealkylation sites (N-methyl/N-ethyl adjacent to an activating group) is 1. The molecular formula is C35H49N5O5. The van der Waals surface area contributed by atoms with Crippen LogP contribution in [0, 0.1) is 0 Å². The van der Waals surface area contributed by atoms with Crippen molar-refractivity contribution in [1.82, 2.24) is 19.3 Å². The van der Waals surface area contributed by atoms with Crippen LogP contribution in [-0.4, -0.2) is 104 Å². The number of aromatic nitrogens is 1. The lowest BCUT2D eigenvalue weighted by atomic mass is 10.1. The van der Waals surface area contributed by atoms with Gasteiger partial charge in [-0.15, -0.1) is 0 Å². The summed E-state index contributed by atoms with van der Waals surface area (Å²) in [6, 6.07) is 14.0. The van der Waals surface area contributed by atoms with Gasteiger partial charge in [-0.1, -0.05) is 31.9 Å². The number of unbranched alkanes of at least 4 members (excludes halogenated alkanes) is 2. The molecule has 0 radical (unpaired) electrons. The summed E-state index contributed by atoms with van der Waals surface area (Å²) in [7, 11) is 5.67. The van der Waals surface area contributed by atoms with Crippen molar-refractivity contribution >= 4 is 28.5 Å². The molecule has 2 saturated heterocycles. The molecule has 0 spiro atoms. The fraction of sp³-hybridized carbons (Fsp3) is 0.543. The van der Waals surface area contributed by atoms with Crippen LogP contribution in [0.5, 0.6) is 11.5 Å². The molecule has 3 amide bonds. The van der Waals surface area contributed by atoms with Crippen LogP contribution >= 0.6 is 0 Å². The minimum atomic E-state index is -0.0259. The number of hydrogen-bond acceptors (Lipinski definition) is 6. The van der Waals surface area contributed by atoms with Crippen LogP contribution in [0.2, 0.25) is 0 Å². The van der Waals surface area contributed by atoms with E-state index >= 15 is 0 Å². The summed E-state index contributed by atoms with van der Waals surface area (Å²) in [5, 5.41) is 1.06. The highest BCUT2D eigenvalue weighted by atomic mass is 16.5. The minimum absolute atomic E-state index is 0.0252. The number of anilines is 1. The van der Waals surface area contributed by atoms with E-state index in [0.717, 1.165) is 54.4 Å². The summed E-state index contributed by atoms with van der Waals surface area (Å²) in [4.78, 5) is 35.1. The third-order valence-corrected chi connectivity index (χ3v) is 8.85. The number of nitrogens with zero attached hydrogens (tertiary/aromatic N) is 5. The molecule has 2 aliphatic rings. The summed E-state index contributed by atoms with van der Waals surface area (Å²) in [6.45, 7) is 8.85. The van der Waals surface area contributed by atoms with Crippen LogP contribution in [-0.2, 0) is 22.6 Å². The van der Waals surface area contributed by atoms with Crippen molar-refractivity contribution in [1.29, 1.82) is 0 Å². The van der Waals surface area contributed by atoms with Crippen LogP contribution in [0.4, 0.5) is 10.5 Å². The molecule has 10 heteroatoms. The number of benzene rings is 2. The van der Waals surface area contributed by atoms with Crippen molar-refractivity contribution in [2.45, 2.75) is 64.8 Å². The molecule has 0 bridgehead atoms. The largest absolute Gasteiger partial charge is 0.493 e. The number of hydrogen-bond donors (Lipinski definition) is 0. The Labute approximate surface area is 267 Å². The fourth-order valence-corrected chi connectivity index (χ4v) is 6.31. The molecule has 2 fully saturated rings.